The maximum atomic E-state index is 3.68. The normalized spacial score (nSPS) is 18.1. The van der Waals surface area contributed by atoms with Gasteiger partial charge in [0.25, 0.3) is 0 Å². The van der Waals surface area contributed by atoms with Crippen molar-refractivity contribution in [3.8, 4) is 0 Å². The van der Waals surface area contributed by atoms with Crippen LogP contribution in [0.3, 0.4) is 0 Å². The largest absolute Gasteiger partial charge is 0.305 e. The number of likely N-dealkylation sites (N-methyl/N-ethyl adjacent to an activating group) is 1. The summed E-state index contributed by atoms with van der Waals surface area (Å²) in [6.07, 6.45) is 5.37. The van der Waals surface area contributed by atoms with Gasteiger partial charge in [-0.05, 0) is 37.3 Å². The highest BCUT2D eigenvalue weighted by Gasteiger charge is 2.36. The maximum Gasteiger partial charge on any atom is 0.0100 e. The topological polar surface area (TPSA) is 3.24 Å². The van der Waals surface area contributed by atoms with Crippen molar-refractivity contribution >= 4 is 15.9 Å². The van der Waals surface area contributed by atoms with Crippen molar-refractivity contribution in [2.75, 3.05) is 25.5 Å². The highest BCUT2D eigenvalue weighted by atomic mass is 79.9. The number of halogens is 1. The Morgan fingerprint density at radius 3 is 2.47 bits per heavy atom. The van der Waals surface area contributed by atoms with E-state index in [9.17, 15) is 0 Å². The molecular formula is C15H22BrN. The molecule has 0 bridgehead atoms. The molecule has 0 amide bonds. The Morgan fingerprint density at radius 2 is 1.94 bits per heavy atom. The lowest BCUT2D eigenvalue weighted by Crippen LogP contribution is -2.42. The Morgan fingerprint density at radius 1 is 1.24 bits per heavy atom. The summed E-state index contributed by atoms with van der Waals surface area (Å²) in [6.45, 7) is 2.41. The van der Waals surface area contributed by atoms with Gasteiger partial charge in [0, 0.05) is 18.4 Å². The summed E-state index contributed by atoms with van der Waals surface area (Å²) in [7, 11) is 2.26. The first kappa shape index (κ1) is 13.1. The van der Waals surface area contributed by atoms with Crippen LogP contribution in [0.5, 0.6) is 0 Å². The van der Waals surface area contributed by atoms with Gasteiger partial charge in [-0.2, -0.15) is 0 Å². The molecule has 1 fully saturated rings. The van der Waals surface area contributed by atoms with Gasteiger partial charge in [0.2, 0.25) is 0 Å². The molecule has 0 saturated heterocycles. The second kappa shape index (κ2) is 6.01. The quantitative estimate of drug-likeness (QED) is 0.723. The summed E-state index contributed by atoms with van der Waals surface area (Å²) in [5.74, 6) is 0. The Labute approximate surface area is 113 Å². The summed E-state index contributed by atoms with van der Waals surface area (Å²) in [6, 6.07) is 10.8. The molecule has 2 rings (SSSR count). The van der Waals surface area contributed by atoms with E-state index in [1.165, 1.54) is 37.9 Å². The average molecular weight is 296 g/mol. The fraction of sp³-hybridized carbons (Fsp3) is 0.600. The van der Waals surface area contributed by atoms with Gasteiger partial charge in [-0.25, -0.2) is 0 Å². The van der Waals surface area contributed by atoms with Crippen LogP contribution in [0.15, 0.2) is 30.3 Å². The summed E-state index contributed by atoms with van der Waals surface area (Å²) >= 11 is 3.68. The van der Waals surface area contributed by atoms with E-state index in [4.69, 9.17) is 0 Å². The van der Waals surface area contributed by atoms with Crippen molar-refractivity contribution < 1.29 is 0 Å². The zero-order chi connectivity index (χ0) is 12.1. The van der Waals surface area contributed by atoms with Crippen molar-refractivity contribution in [3.63, 3.8) is 0 Å². The van der Waals surface area contributed by atoms with Gasteiger partial charge in [0.1, 0.15) is 0 Å². The highest BCUT2D eigenvalue weighted by molar-refractivity contribution is 9.09. The maximum absolute atomic E-state index is 3.68. The van der Waals surface area contributed by atoms with E-state index in [2.05, 4.69) is 58.2 Å². The van der Waals surface area contributed by atoms with E-state index in [1.54, 1.807) is 0 Å². The Bertz CT molecular complexity index is 327. The number of hydrogen-bond acceptors (Lipinski definition) is 1. The van der Waals surface area contributed by atoms with Crippen LogP contribution < -0.4 is 0 Å². The van der Waals surface area contributed by atoms with E-state index >= 15 is 0 Å². The second-order valence-corrected chi connectivity index (χ2v) is 6.02. The molecular weight excluding hydrogens is 274 g/mol. The van der Waals surface area contributed by atoms with E-state index in [-0.39, 0.29) is 0 Å². The summed E-state index contributed by atoms with van der Waals surface area (Å²) in [5.41, 5.74) is 2.02. The predicted octanol–water partition coefficient (Wildman–Crippen LogP) is 3.73. The molecule has 17 heavy (non-hydrogen) atoms. The minimum absolute atomic E-state index is 0.575. The van der Waals surface area contributed by atoms with Crippen LogP contribution in [-0.4, -0.2) is 30.4 Å². The smallest absolute Gasteiger partial charge is 0.0100 e. The first-order valence-electron chi connectivity index (χ1n) is 6.53. The highest BCUT2D eigenvalue weighted by Crippen LogP contribution is 2.42. The monoisotopic (exact) mass is 295 g/mol. The van der Waals surface area contributed by atoms with E-state index in [0.717, 1.165) is 11.8 Å². The lowest BCUT2D eigenvalue weighted by atomic mass is 9.70. The molecule has 1 aliphatic rings. The van der Waals surface area contributed by atoms with Gasteiger partial charge in [-0.3, -0.25) is 0 Å². The molecule has 1 nitrogen and oxygen atoms in total. The van der Waals surface area contributed by atoms with Gasteiger partial charge >= 0.3 is 0 Å². The van der Waals surface area contributed by atoms with Gasteiger partial charge in [-0.1, -0.05) is 52.7 Å². The van der Waals surface area contributed by atoms with Gasteiger partial charge < -0.3 is 4.90 Å². The standard InChI is InChI=1S/C15H22BrN/c1-17(13-15(12-16)9-5-10-15)11-8-14-6-3-2-4-7-14/h2-4,6-7H,5,8-13H2,1H3. The molecule has 0 aromatic heterocycles. The van der Waals surface area contributed by atoms with Gasteiger partial charge in [0.05, 0.1) is 0 Å². The van der Waals surface area contributed by atoms with Crippen molar-refractivity contribution in [2.45, 2.75) is 25.7 Å². The molecule has 0 unspecified atom stereocenters. The minimum atomic E-state index is 0.575. The number of benzene rings is 1. The molecule has 0 aliphatic heterocycles. The number of hydrogen-bond donors (Lipinski definition) is 0. The molecule has 0 spiro atoms. The molecule has 0 heterocycles. The van der Waals surface area contributed by atoms with Crippen LogP contribution in [0.25, 0.3) is 0 Å². The third-order valence-corrected chi connectivity index (χ3v) is 5.12. The molecule has 0 atom stereocenters. The SMILES string of the molecule is CN(CCc1ccccc1)CC1(CBr)CCC1. The zero-order valence-corrected chi connectivity index (χ0v) is 12.2. The fourth-order valence-electron chi connectivity index (χ4n) is 2.63. The summed E-state index contributed by atoms with van der Waals surface area (Å²) in [4.78, 5) is 2.49. The Kier molecular flexibility index (Phi) is 4.63. The number of nitrogens with zero attached hydrogens (tertiary/aromatic N) is 1. The van der Waals surface area contributed by atoms with E-state index in [1.807, 2.05) is 0 Å². The van der Waals surface area contributed by atoms with Crippen LogP contribution in [-0.2, 0) is 6.42 Å². The second-order valence-electron chi connectivity index (χ2n) is 5.46. The third-order valence-electron chi connectivity index (χ3n) is 3.93. The van der Waals surface area contributed by atoms with Crippen molar-refractivity contribution in [1.29, 1.82) is 0 Å². The average Bonchev–Trinajstić information content (AvgIpc) is 2.33. The van der Waals surface area contributed by atoms with Crippen LogP contribution in [0.4, 0.5) is 0 Å². The number of alkyl halides is 1. The molecule has 2 heteroatoms. The van der Waals surface area contributed by atoms with Gasteiger partial charge in [0.15, 0.2) is 0 Å². The molecule has 94 valence electrons. The molecule has 1 saturated carbocycles. The van der Waals surface area contributed by atoms with Crippen LogP contribution in [0, 0.1) is 5.41 Å². The third kappa shape index (κ3) is 3.56. The van der Waals surface area contributed by atoms with Crippen LogP contribution in [0.2, 0.25) is 0 Å². The molecule has 0 N–H and O–H groups in total. The van der Waals surface area contributed by atoms with E-state index in [0.29, 0.717) is 5.41 Å². The van der Waals surface area contributed by atoms with Crippen LogP contribution >= 0.6 is 15.9 Å². The van der Waals surface area contributed by atoms with Gasteiger partial charge in [-0.15, -0.1) is 0 Å². The summed E-state index contributed by atoms with van der Waals surface area (Å²) in [5, 5.41) is 1.16. The van der Waals surface area contributed by atoms with Crippen molar-refractivity contribution in [1.82, 2.24) is 4.90 Å². The number of rotatable bonds is 6. The first-order chi connectivity index (χ1) is 8.24. The zero-order valence-electron chi connectivity index (χ0n) is 10.7. The summed E-state index contributed by atoms with van der Waals surface area (Å²) < 4.78 is 0. The molecule has 1 aromatic carbocycles. The predicted molar refractivity (Wildman–Crippen MR) is 77.7 cm³/mol. The lowest BCUT2D eigenvalue weighted by Gasteiger charge is -2.43. The van der Waals surface area contributed by atoms with Crippen molar-refractivity contribution in [3.05, 3.63) is 35.9 Å². The first-order valence-corrected chi connectivity index (χ1v) is 7.65. The fourth-order valence-corrected chi connectivity index (χ4v) is 3.37. The molecule has 0 radical (unpaired) electrons. The van der Waals surface area contributed by atoms with Crippen molar-refractivity contribution in [2.24, 2.45) is 5.41 Å². The minimum Gasteiger partial charge on any atom is -0.305 e. The Hall–Kier alpha value is -0.340. The Balaban J connectivity index is 1.76. The lowest BCUT2D eigenvalue weighted by molar-refractivity contribution is 0.107. The molecule has 1 aromatic rings. The van der Waals surface area contributed by atoms with E-state index < -0.39 is 0 Å². The van der Waals surface area contributed by atoms with Crippen LogP contribution in [0.1, 0.15) is 24.8 Å². The molecule has 1 aliphatic carbocycles.